The van der Waals surface area contributed by atoms with E-state index >= 15 is 0 Å². The van der Waals surface area contributed by atoms with Crippen molar-refractivity contribution in [1.29, 1.82) is 0 Å². The minimum atomic E-state index is 0.123. The van der Waals surface area contributed by atoms with Gasteiger partial charge in [0.2, 0.25) is 0 Å². The minimum absolute atomic E-state index is 0.123. The van der Waals surface area contributed by atoms with Crippen LogP contribution in [-0.2, 0) is 0 Å². The van der Waals surface area contributed by atoms with E-state index in [-0.39, 0.29) is 12.1 Å². The molecule has 0 spiro atoms. The van der Waals surface area contributed by atoms with E-state index < -0.39 is 0 Å². The molecule has 1 heterocycles. The van der Waals surface area contributed by atoms with Crippen LogP contribution in [0.15, 0.2) is 65.7 Å². The van der Waals surface area contributed by atoms with Crippen molar-refractivity contribution < 1.29 is 0 Å². The molecule has 1 aliphatic heterocycles. The summed E-state index contributed by atoms with van der Waals surface area (Å²) in [5.41, 5.74) is 2.55. The molecule has 2 unspecified atom stereocenters. The summed E-state index contributed by atoms with van der Waals surface area (Å²) in [4.78, 5) is 4.99. The molecule has 130 valence electrons. The highest BCUT2D eigenvalue weighted by Gasteiger charge is 2.31. The molecule has 1 fully saturated rings. The Hall–Kier alpha value is -2.29. The second kappa shape index (κ2) is 7.73. The number of aliphatic imine (C=N–C) groups is 1. The van der Waals surface area contributed by atoms with E-state index in [1.165, 1.54) is 43.2 Å². The fourth-order valence-corrected chi connectivity index (χ4v) is 4.05. The third kappa shape index (κ3) is 3.87. The van der Waals surface area contributed by atoms with E-state index in [4.69, 9.17) is 4.99 Å². The van der Waals surface area contributed by atoms with E-state index in [9.17, 15) is 0 Å². The molecule has 1 aliphatic carbocycles. The summed E-state index contributed by atoms with van der Waals surface area (Å²) in [7, 11) is 0. The lowest BCUT2D eigenvalue weighted by molar-refractivity contribution is 0.356. The lowest BCUT2D eigenvalue weighted by Crippen LogP contribution is -2.38. The molecule has 3 nitrogen and oxygen atoms in total. The van der Waals surface area contributed by atoms with Crippen LogP contribution >= 0.6 is 0 Å². The SMILES string of the molecule is c1ccc(C2N=C(NCC3CCCCC3)NC2c2ccccc2)cc1. The van der Waals surface area contributed by atoms with Crippen LogP contribution < -0.4 is 10.6 Å². The monoisotopic (exact) mass is 333 g/mol. The van der Waals surface area contributed by atoms with Crippen LogP contribution in [0.2, 0.25) is 0 Å². The van der Waals surface area contributed by atoms with Crippen molar-refractivity contribution in [3.63, 3.8) is 0 Å². The van der Waals surface area contributed by atoms with Gasteiger partial charge in [-0.05, 0) is 29.9 Å². The summed E-state index contributed by atoms with van der Waals surface area (Å²) in [6, 6.07) is 21.6. The van der Waals surface area contributed by atoms with Crippen LogP contribution in [0.5, 0.6) is 0 Å². The quantitative estimate of drug-likeness (QED) is 0.858. The van der Waals surface area contributed by atoms with Gasteiger partial charge in [0, 0.05) is 6.54 Å². The summed E-state index contributed by atoms with van der Waals surface area (Å²) in [5, 5.41) is 7.22. The van der Waals surface area contributed by atoms with Crippen molar-refractivity contribution in [2.75, 3.05) is 6.54 Å². The number of guanidine groups is 1. The summed E-state index contributed by atoms with van der Waals surface area (Å²) in [6.45, 7) is 1.04. The van der Waals surface area contributed by atoms with Crippen molar-refractivity contribution in [1.82, 2.24) is 10.6 Å². The van der Waals surface area contributed by atoms with Gasteiger partial charge in [-0.3, -0.25) is 0 Å². The van der Waals surface area contributed by atoms with Crippen molar-refractivity contribution >= 4 is 5.96 Å². The van der Waals surface area contributed by atoms with Crippen LogP contribution in [0.25, 0.3) is 0 Å². The topological polar surface area (TPSA) is 36.4 Å². The maximum absolute atomic E-state index is 4.99. The highest BCUT2D eigenvalue weighted by molar-refractivity contribution is 5.82. The van der Waals surface area contributed by atoms with Crippen molar-refractivity contribution in [3.05, 3.63) is 71.8 Å². The lowest BCUT2D eigenvalue weighted by atomic mass is 9.89. The van der Waals surface area contributed by atoms with E-state index in [1.807, 2.05) is 0 Å². The number of hydrogen-bond acceptors (Lipinski definition) is 3. The summed E-state index contributed by atoms with van der Waals surface area (Å²) in [6.07, 6.45) is 6.87. The second-order valence-corrected chi connectivity index (χ2v) is 7.25. The van der Waals surface area contributed by atoms with Gasteiger partial charge < -0.3 is 10.6 Å². The van der Waals surface area contributed by atoms with Gasteiger partial charge in [-0.15, -0.1) is 0 Å². The molecule has 0 amide bonds. The molecule has 2 atom stereocenters. The molecule has 2 N–H and O–H groups in total. The molecule has 2 aromatic carbocycles. The molecular formula is C22H27N3. The third-order valence-corrected chi connectivity index (χ3v) is 5.46. The zero-order valence-electron chi connectivity index (χ0n) is 14.7. The Balaban J connectivity index is 1.50. The molecule has 25 heavy (non-hydrogen) atoms. The van der Waals surface area contributed by atoms with Crippen molar-refractivity contribution in [2.24, 2.45) is 10.9 Å². The summed E-state index contributed by atoms with van der Waals surface area (Å²) in [5.74, 6) is 1.75. The Labute approximate surface area is 150 Å². The molecular weight excluding hydrogens is 306 g/mol. The first-order valence-corrected chi connectivity index (χ1v) is 9.58. The molecule has 2 aromatic rings. The molecule has 0 aromatic heterocycles. The van der Waals surface area contributed by atoms with Gasteiger partial charge in [0.15, 0.2) is 5.96 Å². The van der Waals surface area contributed by atoms with Gasteiger partial charge in [-0.25, -0.2) is 4.99 Å². The Bertz CT molecular complexity index is 690. The first kappa shape index (κ1) is 16.2. The van der Waals surface area contributed by atoms with Gasteiger partial charge in [-0.1, -0.05) is 79.9 Å². The van der Waals surface area contributed by atoms with E-state index in [0.717, 1.165) is 18.4 Å². The highest BCUT2D eigenvalue weighted by atomic mass is 15.3. The summed E-state index contributed by atoms with van der Waals surface area (Å²) >= 11 is 0. The smallest absolute Gasteiger partial charge is 0.192 e. The molecule has 1 saturated carbocycles. The average molecular weight is 333 g/mol. The molecule has 0 bridgehead atoms. The van der Waals surface area contributed by atoms with Crippen molar-refractivity contribution in [2.45, 2.75) is 44.2 Å². The number of hydrogen-bond donors (Lipinski definition) is 2. The van der Waals surface area contributed by atoms with Gasteiger partial charge in [0.25, 0.3) is 0 Å². The first-order chi connectivity index (χ1) is 12.4. The van der Waals surface area contributed by atoms with Gasteiger partial charge >= 0.3 is 0 Å². The Morgan fingerprint density at radius 2 is 1.48 bits per heavy atom. The standard InChI is InChI=1S/C22H27N3/c1-4-10-17(11-5-1)16-23-22-24-20(18-12-6-2-7-13-18)21(25-22)19-14-8-3-9-15-19/h2-3,6-9,12-15,17,20-21H,1,4-5,10-11,16H2,(H2,23,24,25). The van der Waals surface area contributed by atoms with E-state index in [1.54, 1.807) is 0 Å². The molecule has 0 saturated heterocycles. The predicted molar refractivity (Wildman–Crippen MR) is 104 cm³/mol. The van der Waals surface area contributed by atoms with E-state index in [2.05, 4.69) is 71.3 Å². The lowest BCUT2D eigenvalue weighted by Gasteiger charge is -2.23. The van der Waals surface area contributed by atoms with Crippen LogP contribution in [0.3, 0.4) is 0 Å². The zero-order chi connectivity index (χ0) is 16.9. The summed E-state index contributed by atoms with van der Waals surface area (Å²) < 4.78 is 0. The van der Waals surface area contributed by atoms with Gasteiger partial charge in [0.1, 0.15) is 6.04 Å². The molecule has 2 aliphatic rings. The van der Waals surface area contributed by atoms with Crippen LogP contribution in [0, 0.1) is 5.92 Å². The maximum atomic E-state index is 4.99. The fourth-order valence-electron chi connectivity index (χ4n) is 4.05. The molecule has 4 rings (SSSR count). The molecule has 3 heteroatoms. The van der Waals surface area contributed by atoms with Crippen LogP contribution in [0.4, 0.5) is 0 Å². The number of rotatable bonds is 4. The Morgan fingerprint density at radius 3 is 2.16 bits per heavy atom. The zero-order valence-corrected chi connectivity index (χ0v) is 14.7. The predicted octanol–water partition coefficient (Wildman–Crippen LogP) is 4.60. The van der Waals surface area contributed by atoms with Crippen LogP contribution in [-0.4, -0.2) is 12.5 Å². The van der Waals surface area contributed by atoms with Gasteiger partial charge in [0.05, 0.1) is 6.04 Å². The number of nitrogens with zero attached hydrogens (tertiary/aromatic N) is 1. The maximum Gasteiger partial charge on any atom is 0.192 e. The number of nitrogens with one attached hydrogen (secondary N) is 2. The van der Waals surface area contributed by atoms with Gasteiger partial charge in [-0.2, -0.15) is 0 Å². The van der Waals surface area contributed by atoms with E-state index in [0.29, 0.717) is 0 Å². The minimum Gasteiger partial charge on any atom is -0.356 e. The number of benzene rings is 2. The van der Waals surface area contributed by atoms with Crippen molar-refractivity contribution in [3.8, 4) is 0 Å². The second-order valence-electron chi connectivity index (χ2n) is 7.25. The highest BCUT2D eigenvalue weighted by Crippen LogP contribution is 2.35. The normalized spacial score (nSPS) is 23.8. The molecule has 0 radical (unpaired) electrons. The first-order valence-electron chi connectivity index (χ1n) is 9.58. The Kier molecular flexibility index (Phi) is 5.01. The fraction of sp³-hybridized carbons (Fsp3) is 0.409. The largest absolute Gasteiger partial charge is 0.356 e. The average Bonchev–Trinajstić information content (AvgIpc) is 3.13. The Morgan fingerprint density at radius 1 is 0.840 bits per heavy atom. The van der Waals surface area contributed by atoms with Crippen LogP contribution in [0.1, 0.15) is 55.3 Å². The third-order valence-electron chi connectivity index (χ3n) is 5.46.